The fraction of sp³-hybridized carbons (Fsp3) is 0.500. The summed E-state index contributed by atoms with van der Waals surface area (Å²) < 4.78 is 0. The average molecular weight is 427 g/mol. The van der Waals surface area contributed by atoms with Gasteiger partial charge in [-0.2, -0.15) is 0 Å². The summed E-state index contributed by atoms with van der Waals surface area (Å²) in [6.07, 6.45) is 7.98. The van der Waals surface area contributed by atoms with Crippen LogP contribution in [0.4, 0.5) is 0 Å². The minimum atomic E-state index is -0.369. The van der Waals surface area contributed by atoms with Crippen molar-refractivity contribution in [2.24, 2.45) is 0 Å². The number of hydrogen-bond acceptors (Lipinski definition) is 2. The first-order chi connectivity index (χ1) is 14.2. The zero-order valence-electron chi connectivity index (χ0n) is 18.1. The molecule has 4 heteroatoms. The van der Waals surface area contributed by atoms with Gasteiger partial charge in [0.2, 0.25) is 5.91 Å². The van der Waals surface area contributed by atoms with Gasteiger partial charge in [-0.1, -0.05) is 79.9 Å². The summed E-state index contributed by atoms with van der Waals surface area (Å²) in [5.41, 5.74) is 2.07. The number of carbonyl (C=O) groups excluding carboxylic acids is 1. The predicted molar refractivity (Wildman–Crippen MR) is 126 cm³/mol. The standard InChI is InChI=1S/C26H34N2O.ClH/c1-27(24(21-28-19-11-12-20-28)22-13-5-2-6-14-22)25(29)26(17-9-4-10-18-26)23-15-7-3-8-16-23;/h2-3,5-8,13-16,24H,4,9-12,17-21H2,1H3;1H/t24-;/m1./s1. The van der Waals surface area contributed by atoms with E-state index in [4.69, 9.17) is 0 Å². The Bertz CT molecular complexity index is 783. The molecule has 3 nitrogen and oxygen atoms in total. The summed E-state index contributed by atoms with van der Waals surface area (Å²) in [5.74, 6) is 0.302. The van der Waals surface area contributed by atoms with E-state index in [9.17, 15) is 4.79 Å². The molecule has 1 atom stereocenters. The van der Waals surface area contributed by atoms with Crippen molar-refractivity contribution in [3.8, 4) is 0 Å². The third-order valence-electron chi connectivity index (χ3n) is 7.04. The summed E-state index contributed by atoms with van der Waals surface area (Å²) in [5, 5.41) is 0. The Labute approximate surface area is 187 Å². The molecule has 1 heterocycles. The third kappa shape index (κ3) is 4.73. The van der Waals surface area contributed by atoms with Crippen LogP contribution in [0.15, 0.2) is 60.7 Å². The molecule has 1 saturated heterocycles. The number of amides is 1. The van der Waals surface area contributed by atoms with Gasteiger partial charge < -0.3 is 9.80 Å². The molecule has 2 aromatic carbocycles. The summed E-state index contributed by atoms with van der Waals surface area (Å²) in [6.45, 7) is 3.22. The van der Waals surface area contributed by atoms with Crippen LogP contribution in [0, 0.1) is 0 Å². The van der Waals surface area contributed by atoms with E-state index in [2.05, 4.69) is 64.4 Å². The van der Waals surface area contributed by atoms with Crippen LogP contribution in [-0.4, -0.2) is 42.4 Å². The summed E-state index contributed by atoms with van der Waals surface area (Å²) in [7, 11) is 2.04. The molecule has 0 N–H and O–H groups in total. The number of likely N-dealkylation sites (tertiary alicyclic amines) is 1. The van der Waals surface area contributed by atoms with Crippen molar-refractivity contribution >= 4 is 18.3 Å². The number of halogens is 1. The van der Waals surface area contributed by atoms with E-state index >= 15 is 0 Å². The van der Waals surface area contributed by atoms with Crippen molar-refractivity contribution in [3.63, 3.8) is 0 Å². The Morgan fingerprint density at radius 2 is 1.47 bits per heavy atom. The lowest BCUT2D eigenvalue weighted by atomic mass is 9.68. The lowest BCUT2D eigenvalue weighted by molar-refractivity contribution is -0.140. The molecule has 2 aliphatic rings. The van der Waals surface area contributed by atoms with Crippen LogP contribution in [0.5, 0.6) is 0 Å². The van der Waals surface area contributed by atoms with Gasteiger partial charge >= 0.3 is 0 Å². The molecule has 0 spiro atoms. The Kier molecular flexibility index (Phi) is 7.96. The van der Waals surface area contributed by atoms with E-state index in [0.717, 1.165) is 45.3 Å². The molecule has 162 valence electrons. The van der Waals surface area contributed by atoms with Crippen molar-refractivity contribution in [2.75, 3.05) is 26.7 Å². The van der Waals surface area contributed by atoms with Crippen molar-refractivity contribution in [2.45, 2.75) is 56.4 Å². The van der Waals surface area contributed by atoms with Crippen LogP contribution in [0.25, 0.3) is 0 Å². The maximum absolute atomic E-state index is 14.1. The highest BCUT2D eigenvalue weighted by molar-refractivity contribution is 5.88. The monoisotopic (exact) mass is 426 g/mol. The number of benzene rings is 2. The number of nitrogens with zero attached hydrogens (tertiary/aromatic N) is 2. The van der Waals surface area contributed by atoms with Gasteiger partial charge in [0.05, 0.1) is 11.5 Å². The first kappa shape index (κ1) is 22.8. The quantitative estimate of drug-likeness (QED) is 0.599. The normalized spacial score (nSPS) is 19.6. The summed E-state index contributed by atoms with van der Waals surface area (Å²) >= 11 is 0. The highest BCUT2D eigenvalue weighted by Crippen LogP contribution is 2.42. The van der Waals surface area contributed by atoms with E-state index in [0.29, 0.717) is 5.91 Å². The Balaban J connectivity index is 0.00000256. The Morgan fingerprint density at radius 3 is 2.07 bits per heavy atom. The molecule has 0 radical (unpaired) electrons. The maximum atomic E-state index is 14.1. The topological polar surface area (TPSA) is 23.6 Å². The largest absolute Gasteiger partial charge is 0.337 e. The predicted octanol–water partition coefficient (Wildman–Crippen LogP) is 5.61. The van der Waals surface area contributed by atoms with Crippen LogP contribution in [0.3, 0.4) is 0 Å². The third-order valence-corrected chi connectivity index (χ3v) is 7.04. The van der Waals surface area contributed by atoms with Crippen molar-refractivity contribution < 1.29 is 4.79 Å². The molecule has 0 unspecified atom stereocenters. The van der Waals surface area contributed by atoms with Crippen LogP contribution < -0.4 is 0 Å². The van der Waals surface area contributed by atoms with Crippen molar-refractivity contribution in [1.82, 2.24) is 9.80 Å². The first-order valence-corrected chi connectivity index (χ1v) is 11.3. The highest BCUT2D eigenvalue weighted by atomic mass is 35.5. The van der Waals surface area contributed by atoms with E-state index in [1.165, 1.54) is 30.4 Å². The second kappa shape index (κ2) is 10.5. The molecule has 2 aromatic rings. The molecule has 1 amide bonds. The Morgan fingerprint density at radius 1 is 0.900 bits per heavy atom. The smallest absolute Gasteiger partial charge is 0.233 e. The van der Waals surface area contributed by atoms with Gasteiger partial charge in [-0.3, -0.25) is 4.79 Å². The van der Waals surface area contributed by atoms with Gasteiger partial charge in [0.15, 0.2) is 0 Å². The lowest BCUT2D eigenvalue weighted by Gasteiger charge is -2.42. The van der Waals surface area contributed by atoms with Crippen LogP contribution >= 0.6 is 12.4 Å². The van der Waals surface area contributed by atoms with Gasteiger partial charge in [-0.15, -0.1) is 12.4 Å². The molecule has 0 bridgehead atoms. The fourth-order valence-corrected chi connectivity index (χ4v) is 5.35. The zero-order chi connectivity index (χ0) is 20.1. The number of rotatable bonds is 6. The number of carbonyl (C=O) groups is 1. The number of hydrogen-bond donors (Lipinski definition) is 0. The van der Waals surface area contributed by atoms with E-state index < -0.39 is 0 Å². The molecule has 1 aliphatic heterocycles. The van der Waals surface area contributed by atoms with Gasteiger partial charge in [0.25, 0.3) is 0 Å². The van der Waals surface area contributed by atoms with E-state index in [1.807, 2.05) is 13.1 Å². The second-order valence-electron chi connectivity index (χ2n) is 8.86. The fourth-order valence-electron chi connectivity index (χ4n) is 5.35. The van der Waals surface area contributed by atoms with Crippen molar-refractivity contribution in [3.05, 3.63) is 71.8 Å². The highest BCUT2D eigenvalue weighted by Gasteiger charge is 2.44. The van der Waals surface area contributed by atoms with Gasteiger partial charge in [0.1, 0.15) is 0 Å². The molecular formula is C26H35ClN2O. The SMILES string of the molecule is CN(C(=O)C1(c2ccccc2)CCCCC1)[C@H](CN1CCCC1)c1ccccc1.Cl. The molecular weight excluding hydrogens is 392 g/mol. The first-order valence-electron chi connectivity index (χ1n) is 11.3. The molecule has 1 aliphatic carbocycles. The average Bonchev–Trinajstić information content (AvgIpc) is 3.31. The van der Waals surface area contributed by atoms with Crippen molar-refractivity contribution in [1.29, 1.82) is 0 Å². The van der Waals surface area contributed by atoms with Gasteiger partial charge in [-0.05, 0) is 49.9 Å². The van der Waals surface area contributed by atoms with E-state index in [1.54, 1.807) is 0 Å². The van der Waals surface area contributed by atoms with Gasteiger partial charge in [-0.25, -0.2) is 0 Å². The maximum Gasteiger partial charge on any atom is 0.233 e. The van der Waals surface area contributed by atoms with Crippen LogP contribution in [-0.2, 0) is 10.2 Å². The summed E-state index contributed by atoms with van der Waals surface area (Å²) in [4.78, 5) is 18.7. The molecule has 4 rings (SSSR count). The minimum absolute atomic E-state index is 0. The number of likely N-dealkylation sites (N-methyl/N-ethyl adjacent to an activating group) is 1. The zero-order valence-corrected chi connectivity index (χ0v) is 18.9. The Hall–Kier alpha value is -1.84. The lowest BCUT2D eigenvalue weighted by Crippen LogP contribution is -2.49. The molecule has 0 aromatic heterocycles. The van der Waals surface area contributed by atoms with Crippen LogP contribution in [0.2, 0.25) is 0 Å². The van der Waals surface area contributed by atoms with E-state index in [-0.39, 0.29) is 23.9 Å². The molecule has 30 heavy (non-hydrogen) atoms. The van der Waals surface area contributed by atoms with Gasteiger partial charge in [0, 0.05) is 13.6 Å². The summed E-state index contributed by atoms with van der Waals surface area (Å²) in [6, 6.07) is 21.3. The minimum Gasteiger partial charge on any atom is -0.337 e. The second-order valence-corrected chi connectivity index (χ2v) is 8.86. The molecule has 2 fully saturated rings. The van der Waals surface area contributed by atoms with Crippen LogP contribution in [0.1, 0.15) is 62.1 Å². The molecule has 1 saturated carbocycles.